The summed E-state index contributed by atoms with van der Waals surface area (Å²) in [4.78, 5) is 8.61. The number of nitrogens with one attached hydrogen (secondary N) is 1. The van der Waals surface area contributed by atoms with Crippen molar-refractivity contribution in [3.05, 3.63) is 18.1 Å². The summed E-state index contributed by atoms with van der Waals surface area (Å²) >= 11 is 0. The van der Waals surface area contributed by atoms with E-state index < -0.39 is 0 Å². The minimum atomic E-state index is 0.183. The molecule has 0 bridgehead atoms. The molecule has 2 rings (SSSR count). The second-order valence-electron chi connectivity index (χ2n) is 4.17. The topological polar surface area (TPSA) is 56.3 Å². The molecule has 1 aromatic heterocycles. The average molecular weight is 237 g/mol. The first-order chi connectivity index (χ1) is 8.36. The summed E-state index contributed by atoms with van der Waals surface area (Å²) in [5.41, 5.74) is 0.893. The van der Waals surface area contributed by atoms with Gasteiger partial charge in [0.05, 0.1) is 13.2 Å². The summed E-state index contributed by atoms with van der Waals surface area (Å²) in [5.74, 6) is 1.14. The van der Waals surface area contributed by atoms with E-state index >= 15 is 0 Å². The van der Waals surface area contributed by atoms with Crippen LogP contribution in [-0.2, 0) is 4.74 Å². The molecule has 0 radical (unpaired) electrons. The quantitative estimate of drug-likeness (QED) is 0.852. The zero-order valence-electron chi connectivity index (χ0n) is 10.3. The van der Waals surface area contributed by atoms with E-state index in [4.69, 9.17) is 9.47 Å². The Labute approximate surface area is 102 Å². The van der Waals surface area contributed by atoms with E-state index in [-0.39, 0.29) is 6.04 Å². The second kappa shape index (κ2) is 5.93. The summed E-state index contributed by atoms with van der Waals surface area (Å²) in [5, 5.41) is 3.32. The Morgan fingerprint density at radius 1 is 1.35 bits per heavy atom. The van der Waals surface area contributed by atoms with Crippen LogP contribution in [0.2, 0.25) is 0 Å². The Hall–Kier alpha value is -1.20. The van der Waals surface area contributed by atoms with Crippen molar-refractivity contribution in [2.45, 2.75) is 18.9 Å². The summed E-state index contributed by atoms with van der Waals surface area (Å²) in [6.45, 7) is 1.65. The smallest absolute Gasteiger partial charge is 0.237 e. The molecule has 17 heavy (non-hydrogen) atoms. The van der Waals surface area contributed by atoms with Crippen LogP contribution in [0.1, 0.15) is 24.6 Å². The number of ether oxygens (including phenoxy) is 2. The minimum Gasteiger partial charge on any atom is -0.480 e. The summed E-state index contributed by atoms with van der Waals surface area (Å²) in [7, 11) is 3.58. The molecule has 1 aromatic rings. The fraction of sp³-hybridized carbons (Fsp3) is 0.667. The van der Waals surface area contributed by atoms with Gasteiger partial charge in [-0.3, -0.25) is 4.98 Å². The minimum absolute atomic E-state index is 0.183. The van der Waals surface area contributed by atoms with E-state index in [0.717, 1.165) is 31.7 Å². The predicted octanol–water partition coefficient (Wildman–Crippen LogP) is 1.17. The molecule has 2 heterocycles. The predicted molar refractivity (Wildman–Crippen MR) is 63.9 cm³/mol. The molecule has 1 aliphatic rings. The molecule has 94 valence electrons. The monoisotopic (exact) mass is 237 g/mol. The lowest BCUT2D eigenvalue weighted by Crippen LogP contribution is -2.31. The maximum atomic E-state index is 5.39. The number of hydrogen-bond donors (Lipinski definition) is 1. The van der Waals surface area contributed by atoms with Crippen LogP contribution in [0.3, 0.4) is 0 Å². The molecule has 1 aliphatic heterocycles. The van der Waals surface area contributed by atoms with E-state index in [9.17, 15) is 0 Å². The van der Waals surface area contributed by atoms with Gasteiger partial charge in [0.25, 0.3) is 0 Å². The Balaban J connectivity index is 2.21. The highest BCUT2D eigenvalue weighted by atomic mass is 16.5. The van der Waals surface area contributed by atoms with Crippen LogP contribution in [0, 0.1) is 5.92 Å². The van der Waals surface area contributed by atoms with Crippen LogP contribution in [0.4, 0.5) is 0 Å². The Bertz CT molecular complexity index is 353. The van der Waals surface area contributed by atoms with E-state index in [1.54, 1.807) is 19.5 Å². The van der Waals surface area contributed by atoms with E-state index in [1.807, 2.05) is 7.05 Å². The molecule has 1 fully saturated rings. The van der Waals surface area contributed by atoms with Gasteiger partial charge in [-0.1, -0.05) is 0 Å². The van der Waals surface area contributed by atoms with Crippen LogP contribution in [-0.4, -0.2) is 37.3 Å². The van der Waals surface area contributed by atoms with Crippen LogP contribution < -0.4 is 10.1 Å². The summed E-state index contributed by atoms with van der Waals surface area (Å²) < 4.78 is 10.7. The zero-order valence-corrected chi connectivity index (χ0v) is 10.3. The number of aromatic nitrogens is 2. The molecule has 0 saturated carbocycles. The van der Waals surface area contributed by atoms with Crippen molar-refractivity contribution in [2.24, 2.45) is 5.92 Å². The molecule has 1 unspecified atom stereocenters. The fourth-order valence-electron chi connectivity index (χ4n) is 2.35. The van der Waals surface area contributed by atoms with E-state index in [0.29, 0.717) is 11.8 Å². The van der Waals surface area contributed by atoms with Crippen LogP contribution in [0.15, 0.2) is 12.4 Å². The molecule has 1 saturated heterocycles. The first kappa shape index (κ1) is 12.3. The third-order valence-corrected chi connectivity index (χ3v) is 3.23. The molecule has 0 spiro atoms. The highest BCUT2D eigenvalue weighted by molar-refractivity contribution is 5.22. The van der Waals surface area contributed by atoms with Crippen LogP contribution in [0.25, 0.3) is 0 Å². The molecular weight excluding hydrogens is 218 g/mol. The van der Waals surface area contributed by atoms with E-state index in [1.165, 1.54) is 0 Å². The van der Waals surface area contributed by atoms with Crippen LogP contribution in [0.5, 0.6) is 5.88 Å². The molecule has 1 N–H and O–H groups in total. The summed E-state index contributed by atoms with van der Waals surface area (Å²) in [6, 6.07) is 0.183. The van der Waals surface area contributed by atoms with Gasteiger partial charge in [0.1, 0.15) is 5.69 Å². The lowest BCUT2D eigenvalue weighted by molar-refractivity contribution is 0.0536. The molecule has 5 heteroatoms. The number of nitrogens with zero attached hydrogens (tertiary/aromatic N) is 2. The van der Waals surface area contributed by atoms with Gasteiger partial charge in [-0.25, -0.2) is 4.98 Å². The highest BCUT2D eigenvalue weighted by Crippen LogP contribution is 2.32. The number of rotatable bonds is 4. The molecule has 5 nitrogen and oxygen atoms in total. The lowest BCUT2D eigenvalue weighted by Gasteiger charge is -2.29. The average Bonchev–Trinajstić information content (AvgIpc) is 2.41. The first-order valence-electron chi connectivity index (χ1n) is 5.96. The maximum Gasteiger partial charge on any atom is 0.237 e. The zero-order chi connectivity index (χ0) is 12.1. The highest BCUT2D eigenvalue weighted by Gasteiger charge is 2.27. The van der Waals surface area contributed by atoms with Crippen molar-refractivity contribution < 1.29 is 9.47 Å². The first-order valence-corrected chi connectivity index (χ1v) is 5.96. The van der Waals surface area contributed by atoms with Gasteiger partial charge in [-0.2, -0.15) is 0 Å². The van der Waals surface area contributed by atoms with Crippen LogP contribution >= 0.6 is 0 Å². The van der Waals surface area contributed by atoms with Gasteiger partial charge in [0.15, 0.2) is 0 Å². The van der Waals surface area contributed by atoms with Crippen molar-refractivity contribution in [1.82, 2.24) is 15.3 Å². The van der Waals surface area contributed by atoms with E-state index in [2.05, 4.69) is 15.3 Å². The second-order valence-corrected chi connectivity index (χ2v) is 4.17. The molecule has 0 aliphatic carbocycles. The number of hydrogen-bond acceptors (Lipinski definition) is 5. The van der Waals surface area contributed by atoms with Crippen molar-refractivity contribution in [1.29, 1.82) is 0 Å². The van der Waals surface area contributed by atoms with Gasteiger partial charge in [0.2, 0.25) is 5.88 Å². The molecule has 1 atom stereocenters. The Morgan fingerprint density at radius 3 is 2.71 bits per heavy atom. The standard InChI is InChI=1S/C12H19N3O2/c1-13-10(9-3-7-17-8-4-9)11-12(16-2)15-6-5-14-11/h5-6,9-10,13H,3-4,7-8H2,1-2H3. The SMILES string of the molecule is CNC(c1nccnc1OC)C1CCOCC1. The van der Waals surface area contributed by atoms with Crippen molar-refractivity contribution in [3.63, 3.8) is 0 Å². The number of methoxy groups -OCH3 is 1. The molecular formula is C12H19N3O2. The van der Waals surface area contributed by atoms with Gasteiger partial charge in [-0.05, 0) is 25.8 Å². The van der Waals surface area contributed by atoms with Gasteiger partial charge in [0, 0.05) is 25.6 Å². The maximum absolute atomic E-state index is 5.39. The Morgan fingerprint density at radius 2 is 2.06 bits per heavy atom. The third-order valence-electron chi connectivity index (χ3n) is 3.23. The normalized spacial score (nSPS) is 18.9. The van der Waals surface area contributed by atoms with Gasteiger partial charge in [-0.15, -0.1) is 0 Å². The van der Waals surface area contributed by atoms with Crippen molar-refractivity contribution in [3.8, 4) is 5.88 Å². The largest absolute Gasteiger partial charge is 0.480 e. The van der Waals surface area contributed by atoms with Crippen molar-refractivity contribution >= 4 is 0 Å². The molecule has 0 aromatic carbocycles. The third kappa shape index (κ3) is 2.73. The Kier molecular flexibility index (Phi) is 4.28. The van der Waals surface area contributed by atoms with Gasteiger partial charge >= 0.3 is 0 Å². The van der Waals surface area contributed by atoms with Crippen molar-refractivity contribution in [2.75, 3.05) is 27.4 Å². The molecule has 0 amide bonds. The lowest BCUT2D eigenvalue weighted by atomic mass is 9.89. The fourth-order valence-corrected chi connectivity index (χ4v) is 2.35. The summed E-state index contributed by atoms with van der Waals surface area (Å²) in [6.07, 6.45) is 5.46. The van der Waals surface area contributed by atoms with Gasteiger partial charge < -0.3 is 14.8 Å².